The van der Waals surface area contributed by atoms with E-state index in [-0.39, 0.29) is 24.0 Å². The van der Waals surface area contributed by atoms with E-state index in [0.717, 1.165) is 6.42 Å². The molecule has 0 radical (unpaired) electrons. The summed E-state index contributed by atoms with van der Waals surface area (Å²) in [5.41, 5.74) is 3.17. The van der Waals surface area contributed by atoms with Gasteiger partial charge >= 0.3 is 5.97 Å². The van der Waals surface area contributed by atoms with Crippen LogP contribution in [0.5, 0.6) is 0 Å². The zero-order valence-corrected chi connectivity index (χ0v) is 15.7. The highest BCUT2D eigenvalue weighted by Gasteiger charge is 2.19. The fraction of sp³-hybridized carbons (Fsp3) is 0.227. The first-order valence-corrected chi connectivity index (χ1v) is 9.10. The molecule has 0 aliphatic carbocycles. The number of nitrogens with one attached hydrogen (secondary N) is 1. The smallest absolute Gasteiger partial charge is 0.338 e. The van der Waals surface area contributed by atoms with Gasteiger partial charge in [0.2, 0.25) is 5.91 Å². The zero-order chi connectivity index (χ0) is 19.9. The number of esters is 1. The van der Waals surface area contributed by atoms with Crippen LogP contribution in [-0.4, -0.2) is 42.4 Å². The Kier molecular flexibility index (Phi) is 6.22. The maximum atomic E-state index is 12.4. The lowest BCUT2D eigenvalue weighted by molar-refractivity contribution is -0.134. The number of benzene rings is 2. The highest BCUT2D eigenvalue weighted by molar-refractivity contribution is 5.94. The number of carbonyl (C=O) groups excluding carboxylic acids is 3. The second-order valence-electron chi connectivity index (χ2n) is 6.52. The third kappa shape index (κ3) is 5.07. The van der Waals surface area contributed by atoms with Gasteiger partial charge in [0.1, 0.15) is 0 Å². The molecule has 144 valence electrons. The SMILES string of the molecule is CC(=O)Nc1cccc(C(=O)OCC(=O)N2CC=C(c3ccccc3)CC2)c1. The van der Waals surface area contributed by atoms with Crippen LogP contribution in [0.25, 0.3) is 5.57 Å². The maximum Gasteiger partial charge on any atom is 0.338 e. The van der Waals surface area contributed by atoms with Crippen molar-refractivity contribution in [3.05, 3.63) is 71.8 Å². The highest BCUT2D eigenvalue weighted by Crippen LogP contribution is 2.22. The third-order valence-electron chi connectivity index (χ3n) is 4.45. The Balaban J connectivity index is 1.53. The van der Waals surface area contributed by atoms with E-state index in [4.69, 9.17) is 4.74 Å². The van der Waals surface area contributed by atoms with Crippen molar-refractivity contribution in [2.24, 2.45) is 0 Å². The fourth-order valence-electron chi connectivity index (χ4n) is 3.04. The van der Waals surface area contributed by atoms with E-state index < -0.39 is 5.97 Å². The molecule has 6 heteroatoms. The quantitative estimate of drug-likeness (QED) is 0.811. The van der Waals surface area contributed by atoms with Crippen molar-refractivity contribution in [1.29, 1.82) is 0 Å². The topological polar surface area (TPSA) is 75.7 Å². The molecule has 0 unspecified atom stereocenters. The van der Waals surface area contributed by atoms with Gasteiger partial charge in [-0.2, -0.15) is 0 Å². The number of rotatable bonds is 5. The van der Waals surface area contributed by atoms with E-state index in [1.807, 2.05) is 24.3 Å². The Labute approximate surface area is 163 Å². The molecule has 1 heterocycles. The second-order valence-corrected chi connectivity index (χ2v) is 6.52. The second kappa shape index (κ2) is 8.99. The molecule has 0 fully saturated rings. The van der Waals surface area contributed by atoms with Gasteiger partial charge in [0.05, 0.1) is 5.56 Å². The molecule has 0 saturated carbocycles. The van der Waals surface area contributed by atoms with Crippen LogP contribution in [0.2, 0.25) is 0 Å². The van der Waals surface area contributed by atoms with Gasteiger partial charge in [-0.25, -0.2) is 4.79 Å². The Morgan fingerprint density at radius 2 is 1.86 bits per heavy atom. The molecule has 1 aliphatic heterocycles. The molecule has 0 atom stereocenters. The van der Waals surface area contributed by atoms with Crippen LogP contribution >= 0.6 is 0 Å². The van der Waals surface area contributed by atoms with Crippen molar-refractivity contribution < 1.29 is 19.1 Å². The van der Waals surface area contributed by atoms with Gasteiger partial charge < -0.3 is 15.0 Å². The summed E-state index contributed by atoms with van der Waals surface area (Å²) in [5.74, 6) is -1.05. The number of amides is 2. The number of anilines is 1. The summed E-state index contributed by atoms with van der Waals surface area (Å²) in [7, 11) is 0. The number of carbonyl (C=O) groups is 3. The Hall–Kier alpha value is -3.41. The molecule has 2 aromatic rings. The molecule has 1 aliphatic rings. The van der Waals surface area contributed by atoms with Crippen LogP contribution in [0.15, 0.2) is 60.7 Å². The number of hydrogen-bond donors (Lipinski definition) is 1. The minimum atomic E-state index is -0.599. The number of ether oxygens (including phenoxy) is 1. The van der Waals surface area contributed by atoms with Gasteiger partial charge in [-0.3, -0.25) is 9.59 Å². The molecule has 2 amide bonds. The van der Waals surface area contributed by atoms with Crippen LogP contribution in [0.3, 0.4) is 0 Å². The predicted octanol–water partition coefficient (Wildman–Crippen LogP) is 3.12. The van der Waals surface area contributed by atoms with E-state index >= 15 is 0 Å². The monoisotopic (exact) mass is 378 g/mol. The first-order valence-electron chi connectivity index (χ1n) is 9.10. The van der Waals surface area contributed by atoms with Gasteiger partial charge in [-0.05, 0) is 35.8 Å². The first-order chi connectivity index (χ1) is 13.5. The summed E-state index contributed by atoms with van der Waals surface area (Å²) < 4.78 is 5.15. The standard InChI is InChI=1S/C22H22N2O4/c1-16(25)23-20-9-5-8-19(14-20)22(27)28-15-21(26)24-12-10-18(11-13-24)17-6-3-2-4-7-17/h2-10,14H,11-13,15H2,1H3,(H,23,25). The molecule has 28 heavy (non-hydrogen) atoms. The van der Waals surface area contributed by atoms with Gasteiger partial charge in [-0.1, -0.05) is 42.5 Å². The van der Waals surface area contributed by atoms with Gasteiger partial charge in [-0.15, -0.1) is 0 Å². The molecule has 3 rings (SSSR count). The fourth-order valence-corrected chi connectivity index (χ4v) is 3.04. The van der Waals surface area contributed by atoms with E-state index in [1.54, 1.807) is 23.1 Å². The van der Waals surface area contributed by atoms with Crippen molar-refractivity contribution in [3.63, 3.8) is 0 Å². The predicted molar refractivity (Wildman–Crippen MR) is 107 cm³/mol. The molecule has 0 aromatic heterocycles. The summed E-state index contributed by atoms with van der Waals surface area (Å²) in [6.45, 7) is 2.17. The third-order valence-corrected chi connectivity index (χ3v) is 4.45. The summed E-state index contributed by atoms with van der Waals surface area (Å²) in [4.78, 5) is 37.3. The maximum absolute atomic E-state index is 12.4. The lowest BCUT2D eigenvalue weighted by atomic mass is 10.00. The zero-order valence-electron chi connectivity index (χ0n) is 15.7. The average Bonchev–Trinajstić information content (AvgIpc) is 2.72. The molecule has 6 nitrogen and oxygen atoms in total. The van der Waals surface area contributed by atoms with Crippen molar-refractivity contribution in [1.82, 2.24) is 4.90 Å². The Morgan fingerprint density at radius 3 is 2.54 bits per heavy atom. The molecule has 0 bridgehead atoms. The lowest BCUT2D eigenvalue weighted by Crippen LogP contribution is -2.37. The molecule has 2 aromatic carbocycles. The lowest BCUT2D eigenvalue weighted by Gasteiger charge is -2.26. The van der Waals surface area contributed by atoms with Crippen LogP contribution in [0.4, 0.5) is 5.69 Å². The Morgan fingerprint density at radius 1 is 1.07 bits per heavy atom. The first kappa shape index (κ1) is 19.4. The number of nitrogens with zero attached hydrogens (tertiary/aromatic N) is 1. The molecule has 1 N–H and O–H groups in total. The largest absolute Gasteiger partial charge is 0.452 e. The minimum absolute atomic E-state index is 0.227. The van der Waals surface area contributed by atoms with E-state index in [0.29, 0.717) is 18.8 Å². The summed E-state index contributed by atoms with van der Waals surface area (Å²) >= 11 is 0. The summed E-state index contributed by atoms with van der Waals surface area (Å²) in [6, 6.07) is 16.5. The normalized spacial score (nSPS) is 13.5. The molecular weight excluding hydrogens is 356 g/mol. The van der Waals surface area contributed by atoms with Crippen molar-refractivity contribution >= 4 is 29.0 Å². The van der Waals surface area contributed by atoms with Crippen LogP contribution in [-0.2, 0) is 14.3 Å². The molecule has 0 saturated heterocycles. The molecular formula is C22H22N2O4. The van der Waals surface area contributed by atoms with Crippen molar-refractivity contribution in [2.75, 3.05) is 25.0 Å². The van der Waals surface area contributed by atoms with Crippen LogP contribution < -0.4 is 5.32 Å². The Bertz CT molecular complexity index is 906. The van der Waals surface area contributed by atoms with Crippen LogP contribution in [0, 0.1) is 0 Å². The van der Waals surface area contributed by atoms with E-state index in [9.17, 15) is 14.4 Å². The van der Waals surface area contributed by atoms with Crippen molar-refractivity contribution in [3.8, 4) is 0 Å². The van der Waals surface area contributed by atoms with Gasteiger partial charge in [0, 0.05) is 25.7 Å². The van der Waals surface area contributed by atoms with E-state index in [1.165, 1.54) is 24.1 Å². The summed E-state index contributed by atoms with van der Waals surface area (Å²) in [6.07, 6.45) is 2.80. The highest BCUT2D eigenvalue weighted by atomic mass is 16.5. The van der Waals surface area contributed by atoms with Gasteiger partial charge in [0.15, 0.2) is 6.61 Å². The average molecular weight is 378 g/mol. The van der Waals surface area contributed by atoms with Crippen LogP contribution in [0.1, 0.15) is 29.3 Å². The number of hydrogen-bond acceptors (Lipinski definition) is 4. The van der Waals surface area contributed by atoms with Crippen molar-refractivity contribution in [2.45, 2.75) is 13.3 Å². The molecule has 0 spiro atoms. The minimum Gasteiger partial charge on any atom is -0.452 e. The summed E-state index contributed by atoms with van der Waals surface area (Å²) in [5, 5.41) is 2.61. The van der Waals surface area contributed by atoms with Gasteiger partial charge in [0.25, 0.3) is 5.91 Å². The van der Waals surface area contributed by atoms with E-state index in [2.05, 4.69) is 17.4 Å².